The van der Waals surface area contributed by atoms with Crippen molar-refractivity contribution in [3.63, 3.8) is 0 Å². The fourth-order valence-electron chi connectivity index (χ4n) is 3.38. The van der Waals surface area contributed by atoms with E-state index in [4.69, 9.17) is 4.74 Å². The van der Waals surface area contributed by atoms with Crippen LogP contribution in [-0.2, 0) is 11.2 Å². The van der Waals surface area contributed by atoms with Gasteiger partial charge in [-0.2, -0.15) is 5.26 Å². The molecule has 0 spiro atoms. The zero-order valence-electron chi connectivity index (χ0n) is 14.8. The number of nitriles is 1. The molecule has 1 fully saturated rings. The van der Waals surface area contributed by atoms with Crippen LogP contribution in [0.15, 0.2) is 24.3 Å². The number of nitrogens with zero attached hydrogens (tertiary/aromatic N) is 2. The van der Waals surface area contributed by atoms with Gasteiger partial charge < -0.3 is 9.64 Å². The molecule has 3 heteroatoms. The first-order valence-corrected chi connectivity index (χ1v) is 8.80. The molecule has 0 aliphatic carbocycles. The molecule has 23 heavy (non-hydrogen) atoms. The summed E-state index contributed by atoms with van der Waals surface area (Å²) in [5.74, 6) is 0. The summed E-state index contributed by atoms with van der Waals surface area (Å²) < 4.78 is 5.41. The second kappa shape index (κ2) is 8.47. The molecule has 0 unspecified atom stereocenters. The number of ether oxygens (including phenoxy) is 1. The zero-order chi connectivity index (χ0) is 16.7. The Labute approximate surface area is 141 Å². The van der Waals surface area contributed by atoms with E-state index in [1.807, 2.05) is 0 Å². The van der Waals surface area contributed by atoms with Crippen LogP contribution in [0.5, 0.6) is 0 Å². The average molecular weight is 314 g/mol. The van der Waals surface area contributed by atoms with Gasteiger partial charge in [-0.1, -0.05) is 24.3 Å². The molecule has 0 N–H and O–H groups in total. The summed E-state index contributed by atoms with van der Waals surface area (Å²) in [5.41, 5.74) is 2.67. The van der Waals surface area contributed by atoms with Crippen LogP contribution in [0.3, 0.4) is 0 Å². The molecule has 1 aliphatic rings. The van der Waals surface area contributed by atoms with E-state index >= 15 is 0 Å². The molecule has 1 heterocycles. The molecule has 1 aliphatic heterocycles. The number of rotatable bonds is 7. The van der Waals surface area contributed by atoms with Crippen LogP contribution in [0.2, 0.25) is 0 Å². The van der Waals surface area contributed by atoms with Crippen molar-refractivity contribution in [1.29, 1.82) is 5.26 Å². The van der Waals surface area contributed by atoms with E-state index in [1.54, 1.807) is 0 Å². The van der Waals surface area contributed by atoms with Gasteiger partial charge in [-0.15, -0.1) is 0 Å². The van der Waals surface area contributed by atoms with E-state index in [0.29, 0.717) is 6.04 Å². The zero-order valence-corrected chi connectivity index (χ0v) is 14.8. The fourth-order valence-corrected chi connectivity index (χ4v) is 3.38. The minimum absolute atomic E-state index is 0.141. The molecular weight excluding hydrogens is 284 g/mol. The number of likely N-dealkylation sites (N-methyl/N-ethyl adjacent to an activating group) is 1. The topological polar surface area (TPSA) is 36.3 Å². The minimum Gasteiger partial charge on any atom is -0.381 e. The summed E-state index contributed by atoms with van der Waals surface area (Å²) in [6, 6.07) is 11.7. The third-order valence-corrected chi connectivity index (χ3v) is 5.38. The molecule has 2 rings (SSSR count). The second-order valence-corrected chi connectivity index (χ2v) is 7.07. The van der Waals surface area contributed by atoms with Gasteiger partial charge in [-0.05, 0) is 70.7 Å². The Bertz CT molecular complexity index is 529. The van der Waals surface area contributed by atoms with Crippen LogP contribution in [0.25, 0.3) is 0 Å². The van der Waals surface area contributed by atoms with Crippen molar-refractivity contribution in [2.75, 3.05) is 26.8 Å². The van der Waals surface area contributed by atoms with Gasteiger partial charge in [0, 0.05) is 19.3 Å². The Kier molecular flexibility index (Phi) is 6.62. The maximum Gasteiger partial charge on any atom is 0.0691 e. The molecule has 1 aromatic rings. The molecule has 1 aromatic carbocycles. The summed E-state index contributed by atoms with van der Waals surface area (Å²) in [4.78, 5) is 2.43. The molecule has 1 saturated heterocycles. The lowest BCUT2D eigenvalue weighted by Gasteiger charge is -2.32. The summed E-state index contributed by atoms with van der Waals surface area (Å²) in [6.45, 7) is 7.02. The summed E-state index contributed by atoms with van der Waals surface area (Å²) in [5, 5.41) is 9.52. The lowest BCUT2D eigenvalue weighted by molar-refractivity contribution is 0.0348. The van der Waals surface area contributed by atoms with E-state index in [-0.39, 0.29) is 5.41 Å². The van der Waals surface area contributed by atoms with Crippen LogP contribution in [0.1, 0.15) is 43.7 Å². The number of hydrogen-bond donors (Lipinski definition) is 0. The largest absolute Gasteiger partial charge is 0.381 e. The smallest absolute Gasteiger partial charge is 0.0691 e. The summed E-state index contributed by atoms with van der Waals surface area (Å²) in [7, 11) is 2.20. The molecular formula is C20H30N2O. The molecule has 0 radical (unpaired) electrons. The van der Waals surface area contributed by atoms with Gasteiger partial charge in [0.2, 0.25) is 0 Å². The van der Waals surface area contributed by atoms with Gasteiger partial charge in [0.15, 0.2) is 0 Å². The van der Waals surface area contributed by atoms with Crippen LogP contribution in [-0.4, -0.2) is 37.7 Å². The van der Waals surface area contributed by atoms with Crippen LogP contribution < -0.4 is 0 Å². The van der Waals surface area contributed by atoms with E-state index in [9.17, 15) is 5.26 Å². The van der Waals surface area contributed by atoms with Crippen LogP contribution in [0, 0.1) is 23.7 Å². The van der Waals surface area contributed by atoms with Gasteiger partial charge in [-0.25, -0.2) is 0 Å². The molecule has 0 bridgehead atoms. The van der Waals surface area contributed by atoms with Gasteiger partial charge in [0.1, 0.15) is 0 Å². The van der Waals surface area contributed by atoms with Crippen LogP contribution >= 0.6 is 0 Å². The lowest BCUT2D eigenvalue weighted by Crippen LogP contribution is -2.34. The predicted octanol–water partition coefficient (Wildman–Crippen LogP) is 3.96. The second-order valence-electron chi connectivity index (χ2n) is 7.07. The third-order valence-electron chi connectivity index (χ3n) is 5.38. The molecule has 0 aromatic heterocycles. The van der Waals surface area contributed by atoms with Gasteiger partial charge >= 0.3 is 0 Å². The normalized spacial score (nSPS) is 18.6. The first-order valence-electron chi connectivity index (χ1n) is 8.80. The van der Waals surface area contributed by atoms with E-state index in [1.165, 1.54) is 11.1 Å². The maximum atomic E-state index is 9.52. The monoisotopic (exact) mass is 314 g/mol. The summed E-state index contributed by atoms with van der Waals surface area (Å²) in [6.07, 6.45) is 4.95. The molecule has 126 valence electrons. The Hall–Kier alpha value is -1.37. The minimum atomic E-state index is -0.141. The number of benzene rings is 1. The summed E-state index contributed by atoms with van der Waals surface area (Å²) >= 11 is 0. The number of aryl methyl sites for hydroxylation is 1. The highest BCUT2D eigenvalue weighted by Gasteiger charge is 2.32. The lowest BCUT2D eigenvalue weighted by atomic mass is 9.78. The average Bonchev–Trinajstić information content (AvgIpc) is 2.57. The molecule has 0 amide bonds. The fraction of sp³-hybridized carbons (Fsp3) is 0.650. The van der Waals surface area contributed by atoms with Crippen molar-refractivity contribution in [1.82, 2.24) is 4.90 Å². The van der Waals surface area contributed by atoms with Crippen molar-refractivity contribution < 1.29 is 4.74 Å². The Morgan fingerprint density at radius 3 is 2.65 bits per heavy atom. The quantitative estimate of drug-likeness (QED) is 0.764. The number of hydrogen-bond acceptors (Lipinski definition) is 3. The van der Waals surface area contributed by atoms with E-state index < -0.39 is 0 Å². The highest BCUT2D eigenvalue weighted by Crippen LogP contribution is 2.34. The SMILES string of the molecule is Cc1ccccc1C[C@@H](C)N(C)CCCC1(C#N)CCOCC1. The van der Waals surface area contributed by atoms with Crippen molar-refractivity contribution >= 4 is 0 Å². The first kappa shape index (κ1) is 18.0. The third kappa shape index (κ3) is 5.06. The highest BCUT2D eigenvalue weighted by atomic mass is 16.5. The highest BCUT2D eigenvalue weighted by molar-refractivity contribution is 5.26. The van der Waals surface area contributed by atoms with Gasteiger partial charge in [0.05, 0.1) is 11.5 Å². The molecule has 3 nitrogen and oxygen atoms in total. The predicted molar refractivity (Wildman–Crippen MR) is 94.3 cm³/mol. The molecule has 0 saturated carbocycles. The van der Waals surface area contributed by atoms with Gasteiger partial charge in [-0.3, -0.25) is 0 Å². The molecule has 1 atom stereocenters. The van der Waals surface area contributed by atoms with Crippen molar-refractivity contribution in [2.45, 2.75) is 52.0 Å². The Morgan fingerprint density at radius 2 is 2.00 bits per heavy atom. The standard InChI is InChI=1S/C20H30N2O/c1-17-7-4-5-8-19(17)15-18(2)22(3)12-6-9-20(16-21)10-13-23-14-11-20/h4-5,7-8,18H,6,9-15H2,1-3H3/t18-/m1/s1. The van der Waals surface area contributed by atoms with Crippen molar-refractivity contribution in [3.05, 3.63) is 35.4 Å². The van der Waals surface area contributed by atoms with Gasteiger partial charge in [0.25, 0.3) is 0 Å². The Morgan fingerprint density at radius 1 is 1.30 bits per heavy atom. The van der Waals surface area contributed by atoms with Crippen molar-refractivity contribution in [2.24, 2.45) is 5.41 Å². The maximum absolute atomic E-state index is 9.52. The van der Waals surface area contributed by atoms with E-state index in [0.717, 1.165) is 51.9 Å². The van der Waals surface area contributed by atoms with Crippen LogP contribution in [0.4, 0.5) is 0 Å². The first-order chi connectivity index (χ1) is 11.1. The Balaban J connectivity index is 1.79. The van der Waals surface area contributed by atoms with E-state index in [2.05, 4.69) is 56.1 Å². The van der Waals surface area contributed by atoms with Crippen molar-refractivity contribution in [3.8, 4) is 6.07 Å².